The Balaban J connectivity index is 1.05. The van der Waals surface area contributed by atoms with E-state index in [4.69, 9.17) is 5.73 Å². The van der Waals surface area contributed by atoms with Gasteiger partial charge in [-0.2, -0.15) is 23.5 Å². The van der Waals surface area contributed by atoms with Gasteiger partial charge < -0.3 is 78.3 Å². The molecule has 3 aromatic heterocycles. The molecule has 8 atom stereocenters. The summed E-state index contributed by atoms with van der Waals surface area (Å²) in [6.07, 6.45) is 4.07. The van der Waals surface area contributed by atoms with Gasteiger partial charge in [-0.15, -0.1) is 0 Å². The van der Waals surface area contributed by atoms with Crippen LogP contribution in [0.15, 0.2) is 110 Å². The number of carbonyl (C=O) groups is 11. The van der Waals surface area contributed by atoms with Crippen LogP contribution in [-0.4, -0.2) is 173 Å². The van der Waals surface area contributed by atoms with E-state index >= 15 is 14.4 Å². The van der Waals surface area contributed by atoms with Crippen LogP contribution in [0.2, 0.25) is 0 Å². The number of hydrogen-bond acceptors (Lipinski definition) is 15. The van der Waals surface area contributed by atoms with E-state index < -0.39 is 144 Å². The lowest BCUT2D eigenvalue weighted by Crippen LogP contribution is -2.63. The number of carbonyl (C=O) groups excluding carboxylic acids is 10. The Morgan fingerprint density at radius 3 is 1.83 bits per heavy atom. The van der Waals surface area contributed by atoms with Gasteiger partial charge in [0, 0.05) is 108 Å². The minimum Gasteiger partial charge on any atom is -0.508 e. The molecule has 5 heterocycles. The van der Waals surface area contributed by atoms with Gasteiger partial charge in [0.05, 0.1) is 19.3 Å². The molecule has 99 heavy (non-hydrogen) atoms. The highest BCUT2D eigenvalue weighted by atomic mass is 32.2. The van der Waals surface area contributed by atoms with Gasteiger partial charge >= 0.3 is 5.97 Å². The zero-order valence-electron chi connectivity index (χ0n) is 54.2. The molecule has 4 aromatic carbocycles. The maximum atomic E-state index is 15.2. The van der Waals surface area contributed by atoms with Crippen molar-refractivity contribution in [1.82, 2.24) is 67.4 Å². The molecule has 9 rings (SSSR count). The second-order valence-corrected chi connectivity index (χ2v) is 26.7. The molecule has 0 aliphatic carbocycles. The summed E-state index contributed by atoms with van der Waals surface area (Å²) in [5, 5.41) is 42.1. The number of benzene rings is 4. The number of fused-ring (bicyclic) bond motifs is 5. The smallest absolute Gasteiger partial charge is 0.305 e. The zero-order chi connectivity index (χ0) is 70.9. The van der Waals surface area contributed by atoms with Crippen molar-refractivity contribution in [3.05, 3.63) is 155 Å². The average Bonchev–Trinajstić information content (AvgIpc) is 1.70. The van der Waals surface area contributed by atoms with E-state index in [9.17, 15) is 57.4 Å². The van der Waals surface area contributed by atoms with Crippen molar-refractivity contribution in [2.75, 3.05) is 24.6 Å². The lowest BCUT2D eigenvalue weighted by atomic mass is 9.95. The molecule has 27 nitrogen and oxygen atoms in total. The van der Waals surface area contributed by atoms with Crippen molar-refractivity contribution in [2.24, 2.45) is 5.73 Å². The van der Waals surface area contributed by atoms with E-state index in [1.807, 2.05) is 24.3 Å². The largest absolute Gasteiger partial charge is 0.508 e. The first-order chi connectivity index (χ1) is 47.4. The number of thioether (sulfide) groups is 2. The highest BCUT2D eigenvalue weighted by molar-refractivity contribution is 7.98. The highest BCUT2D eigenvalue weighted by Crippen LogP contribution is 2.32. The lowest BCUT2D eigenvalue weighted by molar-refractivity contribution is -0.147. The Hall–Kier alpha value is -10.3. The summed E-state index contributed by atoms with van der Waals surface area (Å²) in [7, 11) is 0. The number of aromatic hydroxyl groups is 1. The van der Waals surface area contributed by atoms with E-state index in [0.29, 0.717) is 57.6 Å². The number of aromatic nitrogens is 4. The molecule has 2 bridgehead atoms. The van der Waals surface area contributed by atoms with E-state index in [0.717, 1.165) is 11.1 Å². The molecule has 0 unspecified atom stereocenters. The molecule has 2 aliphatic heterocycles. The number of carboxylic acids is 1. The first-order valence-electron chi connectivity index (χ1n) is 32.1. The van der Waals surface area contributed by atoms with Crippen LogP contribution < -0.4 is 48.3 Å². The van der Waals surface area contributed by atoms with Gasteiger partial charge in [-0.1, -0.05) is 49.7 Å². The number of phenolic OH excluding ortho intramolecular Hbond substituents is 1. The maximum absolute atomic E-state index is 15.2. The van der Waals surface area contributed by atoms with E-state index in [1.165, 1.54) is 121 Å². The number of amides is 10. The predicted octanol–water partition coefficient (Wildman–Crippen LogP) is 2.85. The average molecular weight is 1400 g/mol. The van der Waals surface area contributed by atoms with Crippen molar-refractivity contribution in [3.63, 3.8) is 0 Å². The first kappa shape index (κ1) is 73.0. The van der Waals surface area contributed by atoms with E-state index in [2.05, 4.69) is 62.5 Å². The fourth-order valence-electron chi connectivity index (χ4n) is 11.9. The number of aliphatic carboxylic acids is 1. The molecule has 2 aliphatic rings. The number of phenols is 1. The highest BCUT2D eigenvalue weighted by Gasteiger charge is 2.49. The van der Waals surface area contributed by atoms with Gasteiger partial charge in [-0.05, 0) is 103 Å². The number of nitrogens with zero attached hydrogens (tertiary/aromatic N) is 2. The Morgan fingerprint density at radius 2 is 1.23 bits per heavy atom. The summed E-state index contributed by atoms with van der Waals surface area (Å²) >= 11 is 2.80. The van der Waals surface area contributed by atoms with Crippen molar-refractivity contribution < 1.29 is 71.7 Å². The van der Waals surface area contributed by atoms with Crippen molar-refractivity contribution >= 4 is 110 Å². The van der Waals surface area contributed by atoms with Gasteiger partial charge in [0.15, 0.2) is 0 Å². The number of hydrogen-bond donors (Lipinski definition) is 14. The summed E-state index contributed by atoms with van der Waals surface area (Å²) in [5.74, 6) is -10.5. The van der Waals surface area contributed by atoms with Crippen LogP contribution >= 0.6 is 23.5 Å². The third-order valence-electron chi connectivity index (χ3n) is 17.2. The van der Waals surface area contributed by atoms with Crippen LogP contribution in [0, 0.1) is 11.6 Å². The second kappa shape index (κ2) is 33.8. The van der Waals surface area contributed by atoms with Crippen LogP contribution in [0.5, 0.6) is 5.75 Å². The minimum absolute atomic E-state index is 0.0184. The number of halogens is 2. The van der Waals surface area contributed by atoms with Gasteiger partial charge in [-0.3, -0.25) is 52.7 Å². The van der Waals surface area contributed by atoms with Crippen LogP contribution in [0.3, 0.4) is 0 Å². The summed E-state index contributed by atoms with van der Waals surface area (Å²) in [6, 6.07) is 10.1. The Morgan fingerprint density at radius 1 is 0.657 bits per heavy atom. The second-order valence-electron chi connectivity index (χ2n) is 24.6. The van der Waals surface area contributed by atoms with E-state index in [1.54, 1.807) is 6.92 Å². The number of rotatable bonds is 13. The quantitative estimate of drug-likeness (QED) is 0.0789. The number of carboxylic acid groups (broad SMARTS) is 1. The van der Waals surface area contributed by atoms with Crippen molar-refractivity contribution in [1.29, 1.82) is 0 Å². The lowest BCUT2D eigenvalue weighted by Gasteiger charge is -2.37. The van der Waals surface area contributed by atoms with Gasteiger partial charge in [0.1, 0.15) is 65.2 Å². The first-order valence-corrected chi connectivity index (χ1v) is 34.4. The topological polar surface area (TPSA) is 414 Å². The Bertz CT molecular complexity index is 4120. The fraction of sp³-hybridized carbons (Fsp3) is 0.382. The minimum atomic E-state index is -2.04. The van der Waals surface area contributed by atoms with Gasteiger partial charge in [-0.25, -0.2) is 13.8 Å². The van der Waals surface area contributed by atoms with Crippen LogP contribution in [-0.2, 0) is 89.9 Å². The standard InChI is InChI=1S/C68H78F2N14O13S2/c1-3-6-50-61(91)75-32-58(87)78-51(23-40-29-73-48-15-11-42(69)25-46(40)48)62(92)79-52(24-41-30-74-49-16-12-43(70)26-47(41)49)63(93)81-54(28-59(88)89)65(95)80-53(27-44-31-72-36-76-44)64(94)82-55(22-37-9-13-45(85)14-10-37)66(96)84-19-5-18-68(84,2)67(97)83-56(60(71)90)35-99-34-39-8-4-7-38(21-39)33-98-20-17-57(86)77-50/h4,7-16,21,25-26,29-31,36,50-56,73-74,85H,3,5-6,17-20,22-24,27-28,32-35H2,1-2H3,(H2,71,90)(H,72,76)(H,75,91)(H,77,86)(H,78,87)(H,79,92)(H,80,95)(H,81,93)(H,82,94)(H,83,97)(H,88,89)/t50-,51-,52-,53-,54-,55-,56-,68-/m0/s1. The SMILES string of the molecule is CCC[C@@H]1NC(=O)CCSCc2cccc(c2)CSC[C@@H](C(N)=O)NC(=O)[C@]2(C)CCCN2C(=O)[C@H](Cc2ccc(O)cc2)NC(=O)[C@H](Cc2cnc[nH]2)NC(=O)[C@H](CC(=O)O)NC(=O)[C@H](Cc2c[nH]c3ccc(F)cc23)NC(=O)[C@H](Cc2c[nH]c3ccc(F)cc23)NC(=O)CNC1=O. The Labute approximate surface area is 575 Å². The summed E-state index contributed by atoms with van der Waals surface area (Å²) < 4.78 is 29.8. The normalized spacial score (nSPS) is 22.9. The summed E-state index contributed by atoms with van der Waals surface area (Å²) in [6.45, 7) is 2.62. The van der Waals surface area contributed by atoms with Crippen LogP contribution in [0.1, 0.15) is 85.9 Å². The molecule has 1 saturated heterocycles. The van der Waals surface area contributed by atoms with Crippen molar-refractivity contribution in [2.45, 2.75) is 137 Å². The molecule has 1 fully saturated rings. The monoisotopic (exact) mass is 1400 g/mol. The van der Waals surface area contributed by atoms with Crippen LogP contribution in [0.4, 0.5) is 8.78 Å². The number of aromatic amines is 3. The molecule has 10 amide bonds. The molecule has 0 spiro atoms. The fourth-order valence-corrected chi connectivity index (χ4v) is 13.8. The number of H-pyrrole nitrogens is 3. The van der Waals surface area contributed by atoms with Gasteiger partial charge in [0.25, 0.3) is 0 Å². The van der Waals surface area contributed by atoms with E-state index in [-0.39, 0.29) is 73.2 Å². The van der Waals surface area contributed by atoms with Gasteiger partial charge in [0.2, 0.25) is 59.1 Å². The number of primary amides is 1. The molecule has 524 valence electrons. The number of nitrogens with two attached hydrogens (primary N) is 1. The van der Waals surface area contributed by atoms with Crippen molar-refractivity contribution in [3.8, 4) is 5.75 Å². The third-order valence-corrected chi connectivity index (χ3v) is 19.3. The maximum Gasteiger partial charge on any atom is 0.305 e. The zero-order valence-corrected chi connectivity index (χ0v) is 55.8. The molecule has 0 radical (unpaired) electrons. The molecular formula is C68H78F2N14O13S2. The molecule has 7 aromatic rings. The Kier molecular flexibility index (Phi) is 24.9. The summed E-state index contributed by atoms with van der Waals surface area (Å²) in [4.78, 5) is 171. The number of imidazole rings is 1. The molecular weight excluding hydrogens is 1320 g/mol. The summed E-state index contributed by atoms with van der Waals surface area (Å²) in [5.41, 5.74) is 8.23. The van der Waals surface area contributed by atoms with Crippen LogP contribution in [0.25, 0.3) is 21.8 Å². The molecule has 0 saturated carbocycles. The number of nitrogens with one attached hydrogen (secondary N) is 11. The molecule has 31 heteroatoms. The predicted molar refractivity (Wildman–Crippen MR) is 364 cm³/mol. The molecule has 15 N–H and O–H groups in total. The third kappa shape index (κ3) is 19.7.